The Labute approximate surface area is 205 Å². The van der Waals surface area contributed by atoms with Crippen LogP contribution in [-0.2, 0) is 0 Å². The van der Waals surface area contributed by atoms with Gasteiger partial charge in [-0.15, -0.1) is 0 Å². The van der Waals surface area contributed by atoms with E-state index in [2.05, 4.69) is 19.6 Å². The van der Waals surface area contributed by atoms with Crippen LogP contribution in [0, 0.1) is 0 Å². The molecule has 0 spiro atoms. The Bertz CT molecular complexity index is 1220. The molecule has 3 aromatic heterocycles. The number of pyridine rings is 2. The van der Waals surface area contributed by atoms with Gasteiger partial charge in [0.25, 0.3) is 6.43 Å². The summed E-state index contributed by atoms with van der Waals surface area (Å²) in [6.45, 7) is 2.47. The average molecular weight is 504 g/mol. The van der Waals surface area contributed by atoms with E-state index >= 15 is 0 Å². The Kier molecular flexibility index (Phi) is 6.28. The zero-order chi connectivity index (χ0) is 24.7. The summed E-state index contributed by atoms with van der Waals surface area (Å²) >= 11 is 1.34. The van der Waals surface area contributed by atoms with Crippen LogP contribution in [0.2, 0.25) is 0 Å². The number of aliphatic hydroxyl groups is 1. The molecule has 2 N–H and O–H groups in total. The molecule has 1 saturated heterocycles. The van der Waals surface area contributed by atoms with E-state index in [-0.39, 0.29) is 11.7 Å². The summed E-state index contributed by atoms with van der Waals surface area (Å²) in [5.74, 6) is 0. The van der Waals surface area contributed by atoms with Crippen molar-refractivity contribution in [2.45, 2.75) is 29.9 Å². The van der Waals surface area contributed by atoms with Crippen molar-refractivity contribution in [3.05, 3.63) is 42.5 Å². The highest BCUT2D eigenvalue weighted by Gasteiger charge is 2.40. The number of hydrogen-bond acceptors (Lipinski definition) is 7. The summed E-state index contributed by atoms with van der Waals surface area (Å²) in [5, 5.41) is 10.2. The molecule has 2 aliphatic rings. The highest BCUT2D eigenvalue weighted by atomic mass is 32.2. The number of amides is 2. The van der Waals surface area contributed by atoms with Gasteiger partial charge in [-0.25, -0.2) is 23.3 Å². The Morgan fingerprint density at radius 2 is 1.91 bits per heavy atom. The van der Waals surface area contributed by atoms with Crippen molar-refractivity contribution in [1.29, 1.82) is 0 Å². The molecule has 0 atom stereocenters. The Hall–Kier alpha value is -2.96. The number of aromatic nitrogens is 3. The normalized spacial score (nSPS) is 17.3. The Balaban J connectivity index is 1.48. The minimum absolute atomic E-state index is 0.0103. The molecule has 12 heteroatoms. The summed E-state index contributed by atoms with van der Waals surface area (Å²) < 4.78 is 31.0. The summed E-state index contributed by atoms with van der Waals surface area (Å²) in [5.41, 5.74) is 1.91. The first-order valence-electron chi connectivity index (χ1n) is 11.4. The van der Waals surface area contributed by atoms with Crippen molar-refractivity contribution >= 4 is 29.3 Å². The lowest BCUT2D eigenvalue weighted by molar-refractivity contribution is 0.142. The number of nitrogens with zero attached hydrogens (tertiary/aromatic N) is 6. The number of halogens is 2. The van der Waals surface area contributed by atoms with Crippen LogP contribution in [0.15, 0.2) is 41.7 Å². The van der Waals surface area contributed by atoms with E-state index in [4.69, 9.17) is 0 Å². The summed E-state index contributed by atoms with van der Waals surface area (Å²) in [4.78, 5) is 27.4. The van der Waals surface area contributed by atoms with Crippen LogP contribution in [0.1, 0.15) is 25.0 Å². The molecule has 4 heterocycles. The number of rotatable bonds is 6. The van der Waals surface area contributed by atoms with Crippen LogP contribution in [0.5, 0.6) is 0 Å². The van der Waals surface area contributed by atoms with Gasteiger partial charge in [0.05, 0.1) is 17.6 Å². The van der Waals surface area contributed by atoms with Gasteiger partial charge in [0, 0.05) is 63.1 Å². The Morgan fingerprint density at radius 1 is 1.17 bits per heavy atom. The number of carbonyl (C=O) groups excluding carboxylic acids is 1. The van der Waals surface area contributed by atoms with E-state index in [0.29, 0.717) is 44.6 Å². The number of piperazine rings is 1. The van der Waals surface area contributed by atoms with Crippen LogP contribution in [0.4, 0.5) is 19.3 Å². The van der Waals surface area contributed by atoms with E-state index in [0.717, 1.165) is 21.9 Å². The molecular weight excluding hydrogens is 476 g/mol. The van der Waals surface area contributed by atoms with Crippen LogP contribution >= 0.6 is 11.9 Å². The fourth-order valence-corrected chi connectivity index (χ4v) is 4.87. The van der Waals surface area contributed by atoms with Crippen molar-refractivity contribution < 1.29 is 18.7 Å². The standard InChI is InChI=1S/C23H27F2N7O2S/c1-29(2)22(33)31-9-7-30(8-10-31)18-11-16(35-28-23(34)5-6-23)14-32-19(13-27-21(18)32)15-3-4-17(20(24)25)26-12-15/h3-4,11-14,20,28,34H,5-10H2,1-2H3. The number of anilines is 1. The molecule has 3 aromatic rings. The van der Waals surface area contributed by atoms with Gasteiger partial charge in [-0.05, 0) is 43.0 Å². The molecule has 2 fully saturated rings. The number of imidazole rings is 1. The number of carbonyl (C=O) groups is 1. The number of urea groups is 1. The highest BCUT2D eigenvalue weighted by Crippen LogP contribution is 2.37. The minimum atomic E-state index is -2.63. The van der Waals surface area contributed by atoms with E-state index in [1.54, 1.807) is 31.3 Å². The zero-order valence-corrected chi connectivity index (χ0v) is 20.3. The molecule has 0 aromatic carbocycles. The first-order chi connectivity index (χ1) is 16.7. The van der Waals surface area contributed by atoms with Gasteiger partial charge in [-0.3, -0.25) is 9.38 Å². The highest BCUT2D eigenvalue weighted by molar-refractivity contribution is 7.97. The first kappa shape index (κ1) is 23.8. The molecule has 0 unspecified atom stereocenters. The average Bonchev–Trinajstić information content (AvgIpc) is 3.45. The van der Waals surface area contributed by atoms with Crippen molar-refractivity contribution in [3.63, 3.8) is 0 Å². The zero-order valence-electron chi connectivity index (χ0n) is 19.5. The van der Waals surface area contributed by atoms with Gasteiger partial charge in [0.1, 0.15) is 11.4 Å². The first-order valence-corrected chi connectivity index (χ1v) is 12.2. The van der Waals surface area contributed by atoms with Crippen molar-refractivity contribution in [1.82, 2.24) is 28.9 Å². The van der Waals surface area contributed by atoms with Crippen molar-refractivity contribution in [3.8, 4) is 11.3 Å². The summed E-state index contributed by atoms with van der Waals surface area (Å²) in [6.07, 6.45) is 3.84. The predicted molar refractivity (Wildman–Crippen MR) is 129 cm³/mol. The van der Waals surface area contributed by atoms with E-state index in [9.17, 15) is 18.7 Å². The van der Waals surface area contributed by atoms with Crippen LogP contribution in [0.3, 0.4) is 0 Å². The van der Waals surface area contributed by atoms with E-state index in [1.807, 2.05) is 21.6 Å². The molecule has 0 radical (unpaired) electrons. The fourth-order valence-electron chi connectivity index (χ4n) is 4.03. The van der Waals surface area contributed by atoms with Crippen LogP contribution in [0.25, 0.3) is 16.9 Å². The second-order valence-corrected chi connectivity index (χ2v) is 9.94. The van der Waals surface area contributed by atoms with Gasteiger partial charge in [0.2, 0.25) is 0 Å². The van der Waals surface area contributed by atoms with Crippen LogP contribution in [-0.4, -0.2) is 81.3 Å². The second-order valence-electron chi connectivity index (χ2n) is 9.06. The smallest absolute Gasteiger partial charge is 0.319 e. The maximum absolute atomic E-state index is 13.0. The van der Waals surface area contributed by atoms with Gasteiger partial charge in [-0.1, -0.05) is 0 Å². The van der Waals surface area contributed by atoms with Crippen LogP contribution < -0.4 is 9.62 Å². The molecule has 1 aliphatic heterocycles. The van der Waals surface area contributed by atoms with E-state index in [1.165, 1.54) is 24.2 Å². The summed E-state index contributed by atoms with van der Waals surface area (Å²) in [7, 11) is 3.49. The maximum atomic E-state index is 13.0. The SMILES string of the molecule is CN(C)C(=O)N1CCN(c2cc(SNC3(O)CC3)cn3c(-c4ccc(C(F)F)nc4)cnc23)CC1. The van der Waals surface area contributed by atoms with Gasteiger partial charge in [-0.2, -0.15) is 0 Å². The molecule has 1 aliphatic carbocycles. The lowest BCUT2D eigenvalue weighted by Crippen LogP contribution is -2.51. The van der Waals surface area contributed by atoms with E-state index < -0.39 is 12.2 Å². The molecule has 186 valence electrons. The molecular formula is C23H27F2N7O2S. The molecule has 0 bridgehead atoms. The molecule has 5 rings (SSSR count). The van der Waals surface area contributed by atoms with Gasteiger partial charge >= 0.3 is 6.03 Å². The third kappa shape index (κ3) is 4.91. The topological polar surface area (TPSA) is 89.2 Å². The molecule has 1 saturated carbocycles. The molecule has 35 heavy (non-hydrogen) atoms. The lowest BCUT2D eigenvalue weighted by atomic mass is 10.2. The largest absolute Gasteiger partial charge is 0.375 e. The third-order valence-electron chi connectivity index (χ3n) is 6.22. The number of nitrogens with one attached hydrogen (secondary N) is 1. The van der Waals surface area contributed by atoms with Gasteiger partial charge in [0.15, 0.2) is 5.65 Å². The van der Waals surface area contributed by atoms with Crippen molar-refractivity contribution in [2.24, 2.45) is 0 Å². The Morgan fingerprint density at radius 3 is 2.51 bits per heavy atom. The fraction of sp³-hybridized carbons (Fsp3) is 0.435. The van der Waals surface area contributed by atoms with Gasteiger partial charge < -0.3 is 19.8 Å². The third-order valence-corrected chi connectivity index (χ3v) is 7.16. The second kappa shape index (κ2) is 9.25. The predicted octanol–water partition coefficient (Wildman–Crippen LogP) is 3.22. The number of alkyl halides is 2. The minimum Gasteiger partial charge on any atom is -0.375 e. The maximum Gasteiger partial charge on any atom is 0.319 e. The quantitative estimate of drug-likeness (QED) is 0.394. The summed E-state index contributed by atoms with van der Waals surface area (Å²) in [6, 6.07) is 4.96. The van der Waals surface area contributed by atoms with Crippen molar-refractivity contribution in [2.75, 3.05) is 45.2 Å². The molecule has 2 amide bonds. The lowest BCUT2D eigenvalue weighted by Gasteiger charge is -2.37. The monoisotopic (exact) mass is 503 g/mol. The number of hydrogen-bond donors (Lipinski definition) is 2. The number of fused-ring (bicyclic) bond motifs is 1. The molecule has 9 nitrogen and oxygen atoms in total.